The zero-order chi connectivity index (χ0) is 13.9. The van der Waals surface area contributed by atoms with Gasteiger partial charge in [-0.25, -0.2) is 4.98 Å². The van der Waals surface area contributed by atoms with Crippen LogP contribution in [0.4, 0.5) is 0 Å². The Labute approximate surface area is 116 Å². The maximum Gasteiger partial charge on any atom is 0.0961 e. The highest BCUT2D eigenvalue weighted by Gasteiger charge is 2.16. The molecule has 0 fully saturated rings. The summed E-state index contributed by atoms with van der Waals surface area (Å²) >= 11 is 0. The van der Waals surface area contributed by atoms with E-state index >= 15 is 0 Å². The van der Waals surface area contributed by atoms with Gasteiger partial charge in [-0.1, -0.05) is 25.5 Å². The van der Waals surface area contributed by atoms with Gasteiger partial charge in [0.2, 0.25) is 0 Å². The van der Waals surface area contributed by atoms with Gasteiger partial charge < -0.3 is 9.88 Å². The van der Waals surface area contributed by atoms with Crippen LogP contribution in [0.5, 0.6) is 0 Å². The number of hydrogen-bond acceptors (Lipinski definition) is 2. The van der Waals surface area contributed by atoms with Crippen LogP contribution < -0.4 is 5.32 Å². The van der Waals surface area contributed by atoms with Gasteiger partial charge in [0.05, 0.1) is 17.4 Å². The van der Waals surface area contributed by atoms with E-state index < -0.39 is 0 Å². The van der Waals surface area contributed by atoms with E-state index in [1.54, 1.807) is 0 Å². The number of fused-ring (bicyclic) bond motifs is 1. The van der Waals surface area contributed by atoms with Crippen molar-refractivity contribution < 1.29 is 0 Å². The monoisotopic (exact) mass is 259 g/mol. The molecule has 0 aliphatic rings. The maximum atomic E-state index is 4.50. The van der Waals surface area contributed by atoms with Gasteiger partial charge in [0.25, 0.3) is 0 Å². The molecule has 1 N–H and O–H groups in total. The first-order chi connectivity index (χ1) is 9.01. The van der Waals surface area contributed by atoms with Crippen molar-refractivity contribution >= 4 is 11.0 Å². The molecular weight excluding hydrogens is 234 g/mol. The molecule has 0 aliphatic heterocycles. The smallest absolute Gasteiger partial charge is 0.0961 e. The zero-order valence-electron chi connectivity index (χ0n) is 12.5. The summed E-state index contributed by atoms with van der Waals surface area (Å²) in [5.74, 6) is 0. The molecule has 1 heterocycles. The molecule has 0 amide bonds. The number of nitrogens with one attached hydrogen (secondary N) is 1. The third-order valence-electron chi connectivity index (χ3n) is 3.36. The second-order valence-corrected chi connectivity index (χ2v) is 6.21. The number of nitrogens with zero attached hydrogens (tertiary/aromatic N) is 2. The van der Waals surface area contributed by atoms with Crippen LogP contribution in [0, 0.1) is 0 Å². The third kappa shape index (κ3) is 3.57. The molecule has 3 heteroatoms. The number of rotatable bonds is 5. The molecule has 1 atom stereocenters. The van der Waals surface area contributed by atoms with Crippen molar-refractivity contribution in [2.45, 2.75) is 52.1 Å². The minimum absolute atomic E-state index is 0.155. The molecule has 0 saturated carbocycles. The molecule has 0 aliphatic carbocycles. The Bertz CT molecular complexity index is 522. The van der Waals surface area contributed by atoms with Crippen molar-refractivity contribution in [2.24, 2.45) is 0 Å². The number of hydrogen-bond donors (Lipinski definition) is 1. The topological polar surface area (TPSA) is 29.9 Å². The first-order valence-corrected chi connectivity index (χ1v) is 7.18. The Morgan fingerprint density at radius 1 is 1.26 bits per heavy atom. The summed E-state index contributed by atoms with van der Waals surface area (Å²) in [5.41, 5.74) is 2.47. The van der Waals surface area contributed by atoms with E-state index in [9.17, 15) is 0 Å². The minimum atomic E-state index is 0.155. The average Bonchev–Trinajstić information content (AvgIpc) is 2.77. The summed E-state index contributed by atoms with van der Waals surface area (Å²) in [4.78, 5) is 4.50. The molecule has 0 radical (unpaired) electrons. The van der Waals surface area contributed by atoms with E-state index in [1.165, 1.54) is 18.4 Å². The third-order valence-corrected chi connectivity index (χ3v) is 3.36. The van der Waals surface area contributed by atoms with Gasteiger partial charge in [-0.05, 0) is 39.3 Å². The van der Waals surface area contributed by atoms with E-state index in [0.29, 0.717) is 6.04 Å². The predicted molar refractivity (Wildman–Crippen MR) is 81.4 cm³/mol. The summed E-state index contributed by atoms with van der Waals surface area (Å²) in [5, 5.41) is 3.61. The van der Waals surface area contributed by atoms with Gasteiger partial charge in [-0.2, -0.15) is 0 Å². The van der Waals surface area contributed by atoms with Crippen LogP contribution in [0.25, 0.3) is 11.0 Å². The number of benzene rings is 1. The van der Waals surface area contributed by atoms with Crippen LogP contribution in [-0.4, -0.2) is 21.6 Å². The standard InChI is InChI=1S/C16H25N3/c1-5-8-13(11-18-16(2,3)4)19-12-17-14-9-6-7-10-15(14)19/h6-7,9-10,12-13,18H,5,8,11H2,1-4H3. The molecule has 1 aromatic heterocycles. The molecule has 3 nitrogen and oxygen atoms in total. The molecule has 104 valence electrons. The largest absolute Gasteiger partial charge is 0.326 e. The van der Waals surface area contributed by atoms with Gasteiger partial charge in [0, 0.05) is 18.1 Å². The highest BCUT2D eigenvalue weighted by molar-refractivity contribution is 5.75. The SMILES string of the molecule is CCCC(CNC(C)(C)C)n1cnc2ccccc21. The fourth-order valence-electron chi connectivity index (χ4n) is 2.37. The number of aromatic nitrogens is 2. The number of imidazole rings is 1. The van der Waals surface area contributed by atoms with Crippen molar-refractivity contribution in [1.29, 1.82) is 0 Å². The van der Waals surface area contributed by atoms with Crippen molar-refractivity contribution in [3.05, 3.63) is 30.6 Å². The van der Waals surface area contributed by atoms with E-state index in [-0.39, 0.29) is 5.54 Å². The Morgan fingerprint density at radius 3 is 2.68 bits per heavy atom. The van der Waals surface area contributed by atoms with Crippen LogP contribution in [0.2, 0.25) is 0 Å². The van der Waals surface area contributed by atoms with Gasteiger partial charge in [0.15, 0.2) is 0 Å². The van der Waals surface area contributed by atoms with E-state index in [0.717, 1.165) is 12.1 Å². The van der Waals surface area contributed by atoms with Gasteiger partial charge in [0.1, 0.15) is 0 Å². The zero-order valence-corrected chi connectivity index (χ0v) is 12.5. The lowest BCUT2D eigenvalue weighted by molar-refractivity contribution is 0.357. The predicted octanol–water partition coefficient (Wildman–Crippen LogP) is 3.77. The van der Waals surface area contributed by atoms with Crippen molar-refractivity contribution in [3.8, 4) is 0 Å². The fourth-order valence-corrected chi connectivity index (χ4v) is 2.37. The fraction of sp³-hybridized carbons (Fsp3) is 0.562. The summed E-state index contributed by atoms with van der Waals surface area (Å²) in [6.07, 6.45) is 4.34. The average molecular weight is 259 g/mol. The summed E-state index contributed by atoms with van der Waals surface area (Å²) in [6.45, 7) is 9.85. The second kappa shape index (κ2) is 5.74. The molecule has 1 unspecified atom stereocenters. The van der Waals surface area contributed by atoms with Crippen LogP contribution in [-0.2, 0) is 0 Å². The molecular formula is C16H25N3. The molecule has 2 aromatic rings. The van der Waals surface area contributed by atoms with Crippen LogP contribution >= 0.6 is 0 Å². The van der Waals surface area contributed by atoms with Crippen molar-refractivity contribution in [2.75, 3.05) is 6.54 Å². The minimum Gasteiger partial charge on any atom is -0.326 e. The molecule has 0 spiro atoms. The summed E-state index contributed by atoms with van der Waals surface area (Å²) in [6, 6.07) is 8.83. The van der Waals surface area contributed by atoms with Gasteiger partial charge in [-0.3, -0.25) is 0 Å². The lowest BCUT2D eigenvalue weighted by Gasteiger charge is -2.26. The molecule has 0 bridgehead atoms. The maximum absolute atomic E-state index is 4.50. The van der Waals surface area contributed by atoms with E-state index in [4.69, 9.17) is 0 Å². The molecule has 19 heavy (non-hydrogen) atoms. The van der Waals surface area contributed by atoms with Crippen LogP contribution in [0.15, 0.2) is 30.6 Å². The van der Waals surface area contributed by atoms with Gasteiger partial charge in [-0.15, -0.1) is 0 Å². The van der Waals surface area contributed by atoms with Gasteiger partial charge >= 0.3 is 0 Å². The molecule has 1 aromatic carbocycles. The second-order valence-electron chi connectivity index (χ2n) is 6.21. The Morgan fingerprint density at radius 2 is 2.00 bits per heavy atom. The Kier molecular flexibility index (Phi) is 4.25. The lowest BCUT2D eigenvalue weighted by Crippen LogP contribution is -2.39. The first-order valence-electron chi connectivity index (χ1n) is 7.18. The van der Waals surface area contributed by atoms with Crippen molar-refractivity contribution in [1.82, 2.24) is 14.9 Å². The first kappa shape index (κ1) is 14.1. The van der Waals surface area contributed by atoms with Crippen LogP contribution in [0.3, 0.4) is 0 Å². The van der Waals surface area contributed by atoms with E-state index in [2.05, 4.69) is 60.8 Å². The Balaban J connectivity index is 2.23. The summed E-state index contributed by atoms with van der Waals surface area (Å²) in [7, 11) is 0. The lowest BCUT2D eigenvalue weighted by atomic mass is 10.1. The van der Waals surface area contributed by atoms with Crippen molar-refractivity contribution in [3.63, 3.8) is 0 Å². The molecule has 0 saturated heterocycles. The highest BCUT2D eigenvalue weighted by atomic mass is 15.1. The molecule has 2 rings (SSSR count). The summed E-state index contributed by atoms with van der Waals surface area (Å²) < 4.78 is 2.32. The Hall–Kier alpha value is -1.35. The highest BCUT2D eigenvalue weighted by Crippen LogP contribution is 2.21. The number of para-hydroxylation sites is 2. The van der Waals surface area contributed by atoms with Crippen LogP contribution in [0.1, 0.15) is 46.6 Å². The van der Waals surface area contributed by atoms with E-state index in [1.807, 2.05) is 12.4 Å². The quantitative estimate of drug-likeness (QED) is 0.886. The normalized spacial score (nSPS) is 13.9.